The molecule has 1 unspecified atom stereocenters. The Morgan fingerprint density at radius 3 is 3.25 bits per heavy atom. The van der Waals surface area contributed by atoms with Gasteiger partial charge in [0.05, 0.1) is 12.3 Å². The van der Waals surface area contributed by atoms with Crippen LogP contribution in [0.4, 0.5) is 0 Å². The summed E-state index contributed by atoms with van der Waals surface area (Å²) in [6.45, 7) is 6.05. The number of nitrogens with zero attached hydrogens (tertiary/aromatic N) is 3. The average Bonchev–Trinajstić information content (AvgIpc) is 2.54. The molecule has 0 saturated heterocycles. The predicted octanol–water partition coefficient (Wildman–Crippen LogP) is 0.416. The van der Waals surface area contributed by atoms with Gasteiger partial charge in [-0.25, -0.2) is 0 Å². The molecule has 0 radical (unpaired) electrons. The molecule has 0 fully saturated rings. The minimum atomic E-state index is 0.494. The minimum Gasteiger partial charge on any atom is -0.330 e. The summed E-state index contributed by atoms with van der Waals surface area (Å²) in [5.74, 6) is 1.05. The van der Waals surface area contributed by atoms with E-state index in [4.69, 9.17) is 0 Å². The van der Waals surface area contributed by atoms with E-state index in [1.54, 1.807) is 0 Å². The Balaban J connectivity index is 2.28. The number of fused-ring (bicyclic) bond motifs is 1. The van der Waals surface area contributed by atoms with Crippen molar-refractivity contribution in [2.75, 3.05) is 13.2 Å². The van der Waals surface area contributed by atoms with E-state index in [0.717, 1.165) is 31.2 Å². The van der Waals surface area contributed by atoms with Crippen LogP contribution in [-0.4, -0.2) is 35.7 Å². The Bertz CT molecular complexity index is 243. The zero-order valence-electron chi connectivity index (χ0n) is 7.54. The van der Waals surface area contributed by atoms with E-state index in [1.165, 1.54) is 0 Å². The normalized spacial score (nSPS) is 27.5. The van der Waals surface area contributed by atoms with Crippen LogP contribution in [0.3, 0.4) is 0 Å². The number of aliphatic imine (C=N–C) groups is 1. The van der Waals surface area contributed by atoms with Crippen LogP contribution in [0.2, 0.25) is 0 Å². The van der Waals surface area contributed by atoms with Crippen LogP contribution in [0.1, 0.15) is 20.3 Å². The number of amidine groups is 1. The van der Waals surface area contributed by atoms with Gasteiger partial charge < -0.3 is 4.90 Å². The van der Waals surface area contributed by atoms with Gasteiger partial charge >= 0.3 is 0 Å². The van der Waals surface area contributed by atoms with E-state index in [1.807, 2.05) is 0 Å². The number of nitrogens with one attached hydrogen (secondary N) is 1. The lowest BCUT2D eigenvalue weighted by molar-refractivity contribution is 0.339. The standard InChI is InChI=1S/C8H14N4/c1-3-7-8-11-10-5-12(8)6(2)4-9-7/h6,10H,3-5H2,1-2H3. The van der Waals surface area contributed by atoms with Crippen molar-refractivity contribution in [1.82, 2.24) is 10.3 Å². The molecule has 2 heterocycles. The molecule has 2 aliphatic rings. The van der Waals surface area contributed by atoms with Crippen molar-refractivity contribution in [2.45, 2.75) is 26.3 Å². The van der Waals surface area contributed by atoms with Gasteiger partial charge in [-0.1, -0.05) is 6.92 Å². The SMILES string of the molecule is CCC1=NCC(C)N2CNN=C12. The lowest BCUT2D eigenvalue weighted by Gasteiger charge is -2.29. The third-order valence-electron chi connectivity index (χ3n) is 2.37. The molecule has 0 aromatic rings. The van der Waals surface area contributed by atoms with Crippen molar-refractivity contribution in [3.63, 3.8) is 0 Å². The number of hydrogen-bond donors (Lipinski definition) is 1. The molecule has 0 aromatic heterocycles. The van der Waals surface area contributed by atoms with Gasteiger partial charge in [-0.2, -0.15) is 5.10 Å². The first-order valence-corrected chi connectivity index (χ1v) is 4.43. The van der Waals surface area contributed by atoms with Crippen LogP contribution in [0.25, 0.3) is 0 Å². The second-order valence-corrected chi connectivity index (χ2v) is 3.21. The Morgan fingerprint density at radius 1 is 1.67 bits per heavy atom. The Labute approximate surface area is 72.4 Å². The van der Waals surface area contributed by atoms with E-state index in [2.05, 4.69) is 34.3 Å². The van der Waals surface area contributed by atoms with Gasteiger partial charge in [0.25, 0.3) is 0 Å². The van der Waals surface area contributed by atoms with Crippen molar-refractivity contribution >= 4 is 11.5 Å². The second kappa shape index (κ2) is 2.77. The molecule has 12 heavy (non-hydrogen) atoms. The van der Waals surface area contributed by atoms with Crippen molar-refractivity contribution in [1.29, 1.82) is 0 Å². The first kappa shape index (κ1) is 7.58. The summed E-state index contributed by atoms with van der Waals surface area (Å²) < 4.78 is 0. The topological polar surface area (TPSA) is 40.0 Å². The summed E-state index contributed by atoms with van der Waals surface area (Å²) in [6, 6.07) is 0.494. The third-order valence-corrected chi connectivity index (χ3v) is 2.37. The van der Waals surface area contributed by atoms with Crippen LogP contribution in [-0.2, 0) is 0 Å². The fourth-order valence-electron chi connectivity index (χ4n) is 1.60. The molecule has 0 saturated carbocycles. The maximum atomic E-state index is 4.48. The molecule has 2 aliphatic heterocycles. The summed E-state index contributed by atoms with van der Waals surface area (Å²) in [7, 11) is 0. The highest BCUT2D eigenvalue weighted by Crippen LogP contribution is 2.12. The first-order valence-electron chi connectivity index (χ1n) is 4.43. The maximum Gasteiger partial charge on any atom is 0.171 e. The van der Waals surface area contributed by atoms with Gasteiger partial charge in [-0.05, 0) is 13.3 Å². The second-order valence-electron chi connectivity index (χ2n) is 3.21. The quantitative estimate of drug-likeness (QED) is 0.613. The highest BCUT2D eigenvalue weighted by molar-refractivity contribution is 6.41. The van der Waals surface area contributed by atoms with Gasteiger partial charge in [-0.3, -0.25) is 10.4 Å². The van der Waals surface area contributed by atoms with Gasteiger partial charge in [-0.15, -0.1) is 0 Å². The fourth-order valence-corrected chi connectivity index (χ4v) is 1.60. The van der Waals surface area contributed by atoms with Crippen LogP contribution in [0.15, 0.2) is 10.1 Å². The zero-order valence-corrected chi connectivity index (χ0v) is 7.54. The molecule has 4 heteroatoms. The van der Waals surface area contributed by atoms with E-state index in [-0.39, 0.29) is 0 Å². The highest BCUT2D eigenvalue weighted by Gasteiger charge is 2.28. The van der Waals surface area contributed by atoms with E-state index >= 15 is 0 Å². The molecular weight excluding hydrogens is 152 g/mol. The van der Waals surface area contributed by atoms with Gasteiger partial charge in [0, 0.05) is 6.04 Å². The molecule has 66 valence electrons. The van der Waals surface area contributed by atoms with E-state index in [0.29, 0.717) is 6.04 Å². The first-order chi connectivity index (χ1) is 5.83. The maximum absolute atomic E-state index is 4.48. The monoisotopic (exact) mass is 166 g/mol. The van der Waals surface area contributed by atoms with Gasteiger partial charge in [0.2, 0.25) is 0 Å². The lowest BCUT2D eigenvalue weighted by Crippen LogP contribution is -2.45. The van der Waals surface area contributed by atoms with Crippen LogP contribution in [0, 0.1) is 0 Å². The van der Waals surface area contributed by atoms with Gasteiger partial charge in [0.1, 0.15) is 6.67 Å². The number of rotatable bonds is 1. The molecule has 0 bridgehead atoms. The van der Waals surface area contributed by atoms with Crippen LogP contribution >= 0.6 is 0 Å². The van der Waals surface area contributed by atoms with Crippen molar-refractivity contribution < 1.29 is 0 Å². The number of hydrazone groups is 1. The lowest BCUT2D eigenvalue weighted by atomic mass is 10.1. The van der Waals surface area contributed by atoms with Crippen molar-refractivity contribution in [2.24, 2.45) is 10.1 Å². The molecule has 0 aliphatic carbocycles. The Hall–Kier alpha value is -1.06. The van der Waals surface area contributed by atoms with Crippen molar-refractivity contribution in [3.8, 4) is 0 Å². The largest absolute Gasteiger partial charge is 0.330 e. The van der Waals surface area contributed by atoms with Crippen LogP contribution in [0.5, 0.6) is 0 Å². The van der Waals surface area contributed by atoms with Crippen LogP contribution < -0.4 is 5.43 Å². The summed E-state index contributed by atoms with van der Waals surface area (Å²) in [4.78, 5) is 6.75. The molecule has 2 rings (SSSR count). The number of hydrogen-bond acceptors (Lipinski definition) is 4. The molecular formula is C8H14N4. The summed E-state index contributed by atoms with van der Waals surface area (Å²) in [5, 5.41) is 4.22. The highest BCUT2D eigenvalue weighted by atomic mass is 15.5. The molecule has 0 amide bonds. The summed E-state index contributed by atoms with van der Waals surface area (Å²) in [6.07, 6.45) is 0.976. The Kier molecular flexibility index (Phi) is 1.75. The minimum absolute atomic E-state index is 0.494. The van der Waals surface area contributed by atoms with E-state index in [9.17, 15) is 0 Å². The molecule has 0 aromatic carbocycles. The van der Waals surface area contributed by atoms with E-state index < -0.39 is 0 Å². The zero-order chi connectivity index (χ0) is 8.55. The molecule has 4 nitrogen and oxygen atoms in total. The third kappa shape index (κ3) is 0.983. The molecule has 1 N–H and O–H groups in total. The van der Waals surface area contributed by atoms with Gasteiger partial charge in [0.15, 0.2) is 5.84 Å². The summed E-state index contributed by atoms with van der Waals surface area (Å²) >= 11 is 0. The molecule has 1 atom stereocenters. The fraction of sp³-hybridized carbons (Fsp3) is 0.750. The summed E-state index contributed by atoms with van der Waals surface area (Å²) in [5.41, 5.74) is 4.13. The predicted molar refractivity (Wildman–Crippen MR) is 49.3 cm³/mol. The smallest absolute Gasteiger partial charge is 0.171 e. The Morgan fingerprint density at radius 2 is 2.50 bits per heavy atom. The van der Waals surface area contributed by atoms with Crippen molar-refractivity contribution in [3.05, 3.63) is 0 Å². The molecule has 0 spiro atoms. The average molecular weight is 166 g/mol.